The highest BCUT2D eigenvalue weighted by molar-refractivity contribution is 6.02. The van der Waals surface area contributed by atoms with Gasteiger partial charge in [0.25, 0.3) is 11.8 Å². The van der Waals surface area contributed by atoms with Crippen molar-refractivity contribution in [1.29, 1.82) is 0 Å². The number of amides is 4. The molecule has 172 valence electrons. The molecule has 0 fully saturated rings. The molecule has 4 amide bonds. The molecule has 1 aromatic heterocycles. The van der Waals surface area contributed by atoms with E-state index in [1.165, 1.54) is 11.2 Å². The summed E-state index contributed by atoms with van der Waals surface area (Å²) in [4.78, 5) is 40.1. The number of nitrogens with one attached hydrogen (secondary N) is 2. The minimum Gasteiger partial charge on any atom is -0.459 e. The molecule has 8 heteroatoms. The summed E-state index contributed by atoms with van der Waals surface area (Å²) in [5, 5.41) is 5.69. The van der Waals surface area contributed by atoms with E-state index in [-0.39, 0.29) is 23.6 Å². The fourth-order valence-electron chi connectivity index (χ4n) is 3.21. The standard InChI is InChI=1S/C25H28N4O4/c1-4-29(17-18-10-12-20(13-11-18)24(31)28(2)3)25(32)26-16-19-7-5-8-21(15-19)27-23(30)22-9-6-14-33-22/h5-15H,4,16-17H2,1-3H3,(H,26,32)(H,27,30). The predicted molar refractivity (Wildman–Crippen MR) is 126 cm³/mol. The maximum Gasteiger partial charge on any atom is 0.317 e. The number of hydrogen-bond donors (Lipinski definition) is 2. The van der Waals surface area contributed by atoms with Gasteiger partial charge in [-0.2, -0.15) is 0 Å². The van der Waals surface area contributed by atoms with E-state index in [4.69, 9.17) is 4.42 Å². The number of carbonyl (C=O) groups is 3. The van der Waals surface area contributed by atoms with Gasteiger partial charge in [0.15, 0.2) is 5.76 Å². The lowest BCUT2D eigenvalue weighted by Gasteiger charge is -2.22. The molecule has 0 aliphatic carbocycles. The third kappa shape index (κ3) is 6.46. The van der Waals surface area contributed by atoms with Crippen molar-refractivity contribution in [3.05, 3.63) is 89.4 Å². The molecule has 0 radical (unpaired) electrons. The molecular formula is C25H28N4O4. The highest BCUT2D eigenvalue weighted by Crippen LogP contribution is 2.13. The summed E-state index contributed by atoms with van der Waals surface area (Å²) in [5.41, 5.74) is 3.01. The molecule has 0 spiro atoms. The molecule has 2 aromatic carbocycles. The fraction of sp³-hybridized carbons (Fsp3) is 0.240. The van der Waals surface area contributed by atoms with Gasteiger partial charge in [0.1, 0.15) is 0 Å². The Hall–Kier alpha value is -4.07. The highest BCUT2D eigenvalue weighted by atomic mass is 16.3. The number of urea groups is 1. The van der Waals surface area contributed by atoms with Crippen LogP contribution in [0.2, 0.25) is 0 Å². The molecule has 0 saturated carbocycles. The van der Waals surface area contributed by atoms with E-state index in [1.54, 1.807) is 55.4 Å². The van der Waals surface area contributed by atoms with Crippen LogP contribution < -0.4 is 10.6 Å². The molecule has 0 saturated heterocycles. The Bertz CT molecular complexity index is 1090. The van der Waals surface area contributed by atoms with Crippen LogP contribution in [0.1, 0.15) is 39.0 Å². The Morgan fingerprint density at radius 2 is 1.70 bits per heavy atom. The third-order valence-corrected chi connectivity index (χ3v) is 5.02. The summed E-state index contributed by atoms with van der Waals surface area (Å²) < 4.78 is 5.10. The first kappa shape index (κ1) is 23.6. The summed E-state index contributed by atoms with van der Waals surface area (Å²) in [6.45, 7) is 3.19. The van der Waals surface area contributed by atoms with Crippen molar-refractivity contribution < 1.29 is 18.8 Å². The topological polar surface area (TPSA) is 94.9 Å². The maximum atomic E-state index is 12.7. The van der Waals surface area contributed by atoms with Crippen molar-refractivity contribution in [2.24, 2.45) is 0 Å². The molecule has 33 heavy (non-hydrogen) atoms. The molecule has 0 unspecified atom stereocenters. The Morgan fingerprint density at radius 1 is 0.939 bits per heavy atom. The second kappa shape index (κ2) is 11.0. The molecule has 0 atom stereocenters. The summed E-state index contributed by atoms with van der Waals surface area (Å²) in [6, 6.07) is 17.6. The Morgan fingerprint density at radius 3 is 2.33 bits per heavy atom. The third-order valence-electron chi connectivity index (χ3n) is 5.02. The van der Waals surface area contributed by atoms with Gasteiger partial charge < -0.3 is 24.9 Å². The minimum absolute atomic E-state index is 0.0609. The second-order valence-corrected chi connectivity index (χ2v) is 7.70. The van der Waals surface area contributed by atoms with Crippen LogP contribution >= 0.6 is 0 Å². The smallest absolute Gasteiger partial charge is 0.317 e. The van der Waals surface area contributed by atoms with Crippen LogP contribution in [-0.4, -0.2) is 48.3 Å². The van der Waals surface area contributed by atoms with Gasteiger partial charge in [0.2, 0.25) is 0 Å². The van der Waals surface area contributed by atoms with Crippen LogP contribution in [0.25, 0.3) is 0 Å². The zero-order valence-corrected chi connectivity index (χ0v) is 19.0. The molecule has 3 rings (SSSR count). The first-order valence-electron chi connectivity index (χ1n) is 10.6. The van der Waals surface area contributed by atoms with Crippen molar-refractivity contribution in [3.8, 4) is 0 Å². The molecule has 8 nitrogen and oxygen atoms in total. The minimum atomic E-state index is -0.336. The van der Waals surface area contributed by atoms with E-state index >= 15 is 0 Å². The fourth-order valence-corrected chi connectivity index (χ4v) is 3.21. The lowest BCUT2D eigenvalue weighted by Crippen LogP contribution is -2.39. The summed E-state index contributed by atoms with van der Waals surface area (Å²) in [5.74, 6) is -0.169. The molecule has 2 N–H and O–H groups in total. The van der Waals surface area contributed by atoms with Gasteiger partial charge >= 0.3 is 6.03 Å². The summed E-state index contributed by atoms with van der Waals surface area (Å²) in [6.07, 6.45) is 1.44. The van der Waals surface area contributed by atoms with Gasteiger partial charge in [0, 0.05) is 45.0 Å². The first-order chi connectivity index (χ1) is 15.9. The second-order valence-electron chi connectivity index (χ2n) is 7.70. The molecule has 0 bridgehead atoms. The van der Waals surface area contributed by atoms with Crippen LogP contribution in [0.3, 0.4) is 0 Å². The monoisotopic (exact) mass is 448 g/mol. The lowest BCUT2D eigenvalue weighted by molar-refractivity contribution is 0.0827. The van der Waals surface area contributed by atoms with Crippen molar-refractivity contribution in [2.75, 3.05) is 26.0 Å². The van der Waals surface area contributed by atoms with Crippen molar-refractivity contribution >= 4 is 23.5 Å². The first-order valence-corrected chi connectivity index (χ1v) is 10.6. The van der Waals surface area contributed by atoms with Crippen molar-refractivity contribution in [1.82, 2.24) is 15.1 Å². The molecule has 0 aliphatic heterocycles. The van der Waals surface area contributed by atoms with Crippen LogP contribution in [-0.2, 0) is 13.1 Å². The lowest BCUT2D eigenvalue weighted by atomic mass is 10.1. The number of anilines is 1. The van der Waals surface area contributed by atoms with Crippen molar-refractivity contribution in [2.45, 2.75) is 20.0 Å². The number of nitrogens with zero attached hydrogens (tertiary/aromatic N) is 2. The normalized spacial score (nSPS) is 10.4. The van der Waals surface area contributed by atoms with Crippen molar-refractivity contribution in [3.63, 3.8) is 0 Å². The highest BCUT2D eigenvalue weighted by Gasteiger charge is 2.14. The van der Waals surface area contributed by atoms with Gasteiger partial charge in [-0.1, -0.05) is 24.3 Å². The van der Waals surface area contributed by atoms with E-state index < -0.39 is 0 Å². The molecular weight excluding hydrogens is 420 g/mol. The van der Waals surface area contributed by atoms with E-state index in [0.717, 1.165) is 11.1 Å². The van der Waals surface area contributed by atoms with Gasteiger partial charge in [-0.15, -0.1) is 0 Å². The molecule has 3 aromatic rings. The van der Waals surface area contributed by atoms with E-state index in [1.807, 2.05) is 31.2 Å². The maximum absolute atomic E-state index is 12.7. The van der Waals surface area contributed by atoms with Crippen LogP contribution in [0.5, 0.6) is 0 Å². The summed E-state index contributed by atoms with van der Waals surface area (Å²) >= 11 is 0. The van der Waals surface area contributed by atoms with Gasteiger partial charge in [0.05, 0.1) is 6.26 Å². The number of carbonyl (C=O) groups excluding carboxylic acids is 3. The predicted octanol–water partition coefficient (Wildman–Crippen LogP) is 3.97. The van der Waals surface area contributed by atoms with Crippen LogP contribution in [0.15, 0.2) is 71.3 Å². The van der Waals surface area contributed by atoms with E-state index in [2.05, 4.69) is 10.6 Å². The van der Waals surface area contributed by atoms with Gasteiger partial charge in [-0.3, -0.25) is 9.59 Å². The number of benzene rings is 2. The molecule has 1 heterocycles. The Kier molecular flexibility index (Phi) is 7.86. The Labute approximate surface area is 193 Å². The van der Waals surface area contributed by atoms with E-state index in [9.17, 15) is 14.4 Å². The number of rotatable bonds is 8. The summed E-state index contributed by atoms with van der Waals surface area (Å²) in [7, 11) is 3.42. The zero-order valence-electron chi connectivity index (χ0n) is 19.0. The van der Waals surface area contributed by atoms with Crippen LogP contribution in [0, 0.1) is 0 Å². The van der Waals surface area contributed by atoms with Gasteiger partial charge in [-0.05, 0) is 54.4 Å². The van der Waals surface area contributed by atoms with Crippen LogP contribution in [0.4, 0.5) is 10.5 Å². The largest absolute Gasteiger partial charge is 0.459 e. The quantitative estimate of drug-likeness (QED) is 0.545. The zero-order chi connectivity index (χ0) is 23.8. The number of furan rings is 1. The molecule has 0 aliphatic rings. The van der Waals surface area contributed by atoms with Gasteiger partial charge in [-0.25, -0.2) is 4.79 Å². The Balaban J connectivity index is 1.55. The number of hydrogen-bond acceptors (Lipinski definition) is 4. The average molecular weight is 449 g/mol. The average Bonchev–Trinajstić information content (AvgIpc) is 3.36. The van der Waals surface area contributed by atoms with E-state index in [0.29, 0.717) is 30.9 Å². The SMILES string of the molecule is CCN(Cc1ccc(C(=O)N(C)C)cc1)C(=O)NCc1cccc(NC(=O)c2ccco2)c1.